The Morgan fingerprint density at radius 1 is 1.00 bits per heavy atom. The third-order valence-electron chi connectivity index (χ3n) is 5.22. The van der Waals surface area contributed by atoms with Gasteiger partial charge in [-0.2, -0.15) is 0 Å². The van der Waals surface area contributed by atoms with Crippen LogP contribution >= 0.6 is 11.6 Å². The van der Waals surface area contributed by atoms with Crippen LogP contribution in [0.2, 0.25) is 5.02 Å². The molecule has 0 aliphatic rings. The van der Waals surface area contributed by atoms with Crippen molar-refractivity contribution in [3.05, 3.63) is 77.3 Å². The van der Waals surface area contributed by atoms with Crippen LogP contribution < -0.4 is 10.1 Å². The van der Waals surface area contributed by atoms with E-state index in [-0.39, 0.29) is 31.0 Å². The van der Waals surface area contributed by atoms with Gasteiger partial charge in [-0.15, -0.1) is 0 Å². The van der Waals surface area contributed by atoms with Crippen molar-refractivity contribution in [2.24, 2.45) is 0 Å². The van der Waals surface area contributed by atoms with Crippen LogP contribution in [0.3, 0.4) is 0 Å². The predicted octanol–water partition coefficient (Wildman–Crippen LogP) is 5.20. The molecule has 0 saturated carbocycles. The molecule has 0 fully saturated rings. The minimum atomic E-state index is -0.628. The van der Waals surface area contributed by atoms with Gasteiger partial charge in [-0.25, -0.2) is 0 Å². The number of nitrogens with zero attached hydrogens (tertiary/aromatic N) is 1. The number of nitrogens with one attached hydrogen (secondary N) is 1. The Morgan fingerprint density at radius 3 is 2.41 bits per heavy atom. The van der Waals surface area contributed by atoms with Crippen molar-refractivity contribution in [2.75, 3.05) is 6.61 Å². The highest BCUT2D eigenvalue weighted by Crippen LogP contribution is 2.26. The minimum Gasteiger partial charge on any atom is -0.483 e. The molecule has 3 aromatic carbocycles. The number of benzene rings is 3. The van der Waals surface area contributed by atoms with Gasteiger partial charge in [0, 0.05) is 23.0 Å². The minimum absolute atomic E-state index is 0.0271. The Labute approximate surface area is 194 Å². The summed E-state index contributed by atoms with van der Waals surface area (Å²) in [6.07, 6.45) is 0.475. The summed E-state index contributed by atoms with van der Waals surface area (Å²) in [4.78, 5) is 27.8. The molecule has 0 aromatic heterocycles. The highest BCUT2D eigenvalue weighted by atomic mass is 35.5. The summed E-state index contributed by atoms with van der Waals surface area (Å²) in [5, 5.41) is 5.45. The van der Waals surface area contributed by atoms with Gasteiger partial charge in [-0.1, -0.05) is 73.1 Å². The lowest BCUT2D eigenvalue weighted by Crippen LogP contribution is -2.51. The second-order valence-corrected chi connectivity index (χ2v) is 8.37. The van der Waals surface area contributed by atoms with E-state index in [0.717, 1.165) is 16.3 Å². The molecule has 1 N–H and O–H groups in total. The molecule has 0 aliphatic carbocycles. The largest absolute Gasteiger partial charge is 0.483 e. The zero-order valence-electron chi connectivity index (χ0n) is 18.7. The van der Waals surface area contributed by atoms with Crippen LogP contribution in [0, 0.1) is 0 Å². The average Bonchev–Trinajstić information content (AvgIpc) is 2.78. The third-order valence-corrected chi connectivity index (χ3v) is 5.58. The Kier molecular flexibility index (Phi) is 8.12. The normalized spacial score (nSPS) is 11.9. The van der Waals surface area contributed by atoms with Crippen molar-refractivity contribution in [3.63, 3.8) is 0 Å². The van der Waals surface area contributed by atoms with Gasteiger partial charge in [-0.3, -0.25) is 9.59 Å². The molecule has 0 radical (unpaired) electrons. The van der Waals surface area contributed by atoms with Crippen molar-refractivity contribution >= 4 is 34.2 Å². The number of hydrogen-bond acceptors (Lipinski definition) is 3. The second kappa shape index (κ2) is 11.0. The second-order valence-electron chi connectivity index (χ2n) is 7.97. The topological polar surface area (TPSA) is 58.6 Å². The summed E-state index contributed by atoms with van der Waals surface area (Å²) >= 11 is 6.35. The van der Waals surface area contributed by atoms with Gasteiger partial charge in [0.2, 0.25) is 5.91 Å². The van der Waals surface area contributed by atoms with E-state index in [1.807, 2.05) is 81.4 Å². The van der Waals surface area contributed by atoms with E-state index >= 15 is 0 Å². The molecule has 0 unspecified atom stereocenters. The standard InChI is InChI=1S/C26H29ClN2O3/c1-4-23(26(31)28-18(2)3)29(16-20-11-6-8-14-22(20)27)25(30)17-32-24-15-9-12-19-10-5-7-13-21(19)24/h5-15,18,23H,4,16-17H2,1-3H3,(H,28,31)/t23-/m1/s1. The lowest BCUT2D eigenvalue weighted by molar-refractivity contribution is -0.143. The Balaban J connectivity index is 1.84. The zero-order chi connectivity index (χ0) is 23.1. The van der Waals surface area contributed by atoms with Crippen molar-refractivity contribution < 1.29 is 14.3 Å². The number of hydrogen-bond donors (Lipinski definition) is 1. The van der Waals surface area contributed by atoms with E-state index < -0.39 is 6.04 Å². The van der Waals surface area contributed by atoms with Crippen LogP contribution in [0.1, 0.15) is 32.8 Å². The maximum Gasteiger partial charge on any atom is 0.261 e. The number of rotatable bonds is 9. The Bertz CT molecular complexity index is 1080. The van der Waals surface area contributed by atoms with Crippen LogP contribution in [0.25, 0.3) is 10.8 Å². The van der Waals surface area contributed by atoms with Gasteiger partial charge < -0.3 is 15.0 Å². The van der Waals surface area contributed by atoms with Crippen LogP contribution in [-0.4, -0.2) is 35.4 Å². The summed E-state index contributed by atoms with van der Waals surface area (Å²) in [7, 11) is 0. The lowest BCUT2D eigenvalue weighted by Gasteiger charge is -2.31. The first-order valence-electron chi connectivity index (χ1n) is 10.8. The molecule has 32 heavy (non-hydrogen) atoms. The van der Waals surface area contributed by atoms with Gasteiger partial charge in [0.05, 0.1) is 0 Å². The fourth-order valence-corrected chi connectivity index (χ4v) is 3.85. The summed E-state index contributed by atoms with van der Waals surface area (Å²) in [6.45, 7) is 5.73. The van der Waals surface area contributed by atoms with Crippen molar-refractivity contribution in [2.45, 2.75) is 45.8 Å². The van der Waals surface area contributed by atoms with Crippen molar-refractivity contribution in [1.82, 2.24) is 10.2 Å². The van der Waals surface area contributed by atoms with Crippen molar-refractivity contribution in [3.8, 4) is 5.75 Å². The fourth-order valence-electron chi connectivity index (χ4n) is 3.65. The molecule has 5 nitrogen and oxygen atoms in total. The van der Waals surface area contributed by atoms with Crippen LogP contribution in [-0.2, 0) is 16.1 Å². The number of ether oxygens (including phenoxy) is 1. The quantitative estimate of drug-likeness (QED) is 0.485. The molecular formula is C26H29ClN2O3. The Morgan fingerprint density at radius 2 is 1.69 bits per heavy atom. The molecule has 0 heterocycles. The molecule has 1 atom stereocenters. The average molecular weight is 453 g/mol. The number of amides is 2. The summed E-state index contributed by atoms with van der Waals surface area (Å²) in [5.74, 6) is 0.172. The molecular weight excluding hydrogens is 424 g/mol. The maximum atomic E-state index is 13.3. The van der Waals surface area contributed by atoms with Crippen LogP contribution in [0.5, 0.6) is 5.75 Å². The van der Waals surface area contributed by atoms with Gasteiger partial charge >= 0.3 is 0 Å². The molecule has 0 aliphatic heterocycles. The smallest absolute Gasteiger partial charge is 0.261 e. The number of carbonyl (C=O) groups is 2. The van der Waals surface area contributed by atoms with E-state index in [1.54, 1.807) is 11.0 Å². The van der Waals surface area contributed by atoms with Gasteiger partial charge in [-0.05, 0) is 43.4 Å². The van der Waals surface area contributed by atoms with E-state index in [0.29, 0.717) is 17.2 Å². The molecule has 6 heteroatoms. The molecule has 2 amide bonds. The summed E-state index contributed by atoms with van der Waals surface area (Å²) in [6, 6.07) is 20.3. The van der Waals surface area contributed by atoms with Gasteiger partial charge in [0.15, 0.2) is 6.61 Å². The highest BCUT2D eigenvalue weighted by Gasteiger charge is 2.29. The number of halogens is 1. The van der Waals surface area contributed by atoms with Crippen LogP contribution in [0.15, 0.2) is 66.7 Å². The lowest BCUT2D eigenvalue weighted by atomic mass is 10.1. The monoisotopic (exact) mass is 452 g/mol. The highest BCUT2D eigenvalue weighted by molar-refractivity contribution is 6.31. The van der Waals surface area contributed by atoms with Crippen LogP contribution in [0.4, 0.5) is 0 Å². The van der Waals surface area contributed by atoms with E-state index in [4.69, 9.17) is 16.3 Å². The molecule has 168 valence electrons. The number of carbonyl (C=O) groups excluding carboxylic acids is 2. The SMILES string of the molecule is CC[C@H](C(=O)NC(C)C)N(Cc1ccccc1Cl)C(=O)COc1cccc2ccccc12. The predicted molar refractivity (Wildman–Crippen MR) is 129 cm³/mol. The van der Waals surface area contributed by atoms with E-state index in [9.17, 15) is 9.59 Å². The number of fused-ring (bicyclic) bond motifs is 1. The van der Waals surface area contributed by atoms with Crippen molar-refractivity contribution in [1.29, 1.82) is 0 Å². The first-order chi connectivity index (χ1) is 15.4. The third kappa shape index (κ3) is 5.80. The molecule has 0 spiro atoms. The zero-order valence-corrected chi connectivity index (χ0v) is 19.4. The molecule has 0 bridgehead atoms. The Hall–Kier alpha value is -3.05. The first-order valence-corrected chi connectivity index (χ1v) is 11.2. The summed E-state index contributed by atoms with van der Waals surface area (Å²) < 4.78 is 5.93. The molecule has 3 aromatic rings. The van der Waals surface area contributed by atoms with Gasteiger partial charge in [0.25, 0.3) is 5.91 Å². The van der Waals surface area contributed by atoms with E-state index in [1.165, 1.54) is 0 Å². The maximum absolute atomic E-state index is 13.3. The van der Waals surface area contributed by atoms with Gasteiger partial charge in [0.1, 0.15) is 11.8 Å². The fraction of sp³-hybridized carbons (Fsp3) is 0.308. The molecule has 0 saturated heterocycles. The first kappa shape index (κ1) is 23.6. The van der Waals surface area contributed by atoms with E-state index in [2.05, 4.69) is 5.32 Å². The molecule has 3 rings (SSSR count). The summed E-state index contributed by atoms with van der Waals surface area (Å²) in [5.41, 5.74) is 0.781.